The number of ether oxygens (including phenoxy) is 1. The molecular weight excluding hydrogens is 218 g/mol. The van der Waals surface area contributed by atoms with Crippen molar-refractivity contribution in [2.24, 2.45) is 0 Å². The summed E-state index contributed by atoms with van der Waals surface area (Å²) in [6.07, 6.45) is -0.0464. The van der Waals surface area contributed by atoms with Crippen LogP contribution in [-0.4, -0.2) is 49.5 Å². The van der Waals surface area contributed by atoms with Crippen molar-refractivity contribution in [1.29, 1.82) is 0 Å². The summed E-state index contributed by atoms with van der Waals surface area (Å²) in [5, 5.41) is -0.475. The monoisotopic (exact) mass is 236 g/mol. The highest BCUT2D eigenvalue weighted by molar-refractivity contribution is 6.63. The van der Waals surface area contributed by atoms with Crippen molar-refractivity contribution in [3.63, 3.8) is 0 Å². The van der Waals surface area contributed by atoms with Gasteiger partial charge in [0.25, 0.3) is 0 Å². The van der Waals surface area contributed by atoms with Crippen LogP contribution in [0.25, 0.3) is 0 Å². The molecule has 0 aromatic rings. The lowest BCUT2D eigenvalue weighted by atomic mass is 10.2. The van der Waals surface area contributed by atoms with Gasteiger partial charge in [0, 0.05) is 6.42 Å². The first kappa shape index (κ1) is 14.4. The summed E-state index contributed by atoms with van der Waals surface area (Å²) in [6, 6.07) is 0. The molecule has 0 aliphatic heterocycles. The minimum Gasteiger partial charge on any atom is -0.456 e. The van der Waals surface area contributed by atoms with E-state index in [2.05, 4.69) is 0 Å². The molecule has 0 N–H and O–H groups in total. The zero-order valence-corrected chi connectivity index (χ0v) is 10.5. The van der Waals surface area contributed by atoms with E-state index in [-0.39, 0.29) is 12.4 Å². The molecule has 4 nitrogen and oxygen atoms in total. The molecule has 0 aliphatic rings. The molecule has 0 bridgehead atoms. The number of esters is 1. The molecule has 0 saturated carbocycles. The lowest BCUT2D eigenvalue weighted by Crippen LogP contribution is -2.43. The van der Waals surface area contributed by atoms with E-state index in [0.29, 0.717) is 17.4 Å². The fourth-order valence-electron chi connectivity index (χ4n) is 1.20. The van der Waals surface area contributed by atoms with Crippen LogP contribution in [0, 0.1) is 0 Å². The highest BCUT2D eigenvalue weighted by Gasteiger charge is 2.23. The van der Waals surface area contributed by atoms with Gasteiger partial charge in [0.2, 0.25) is 5.24 Å². The maximum atomic E-state index is 11.1. The van der Waals surface area contributed by atoms with Crippen LogP contribution in [0.15, 0.2) is 0 Å². The Morgan fingerprint density at radius 3 is 2.20 bits per heavy atom. The van der Waals surface area contributed by atoms with Crippen molar-refractivity contribution in [3.8, 4) is 0 Å². The topological polar surface area (TPSA) is 43.4 Å². The summed E-state index contributed by atoms with van der Waals surface area (Å²) in [5.41, 5.74) is 0. The summed E-state index contributed by atoms with van der Waals surface area (Å²) in [6.45, 7) is 2.29. The van der Waals surface area contributed by atoms with Crippen LogP contribution in [0.1, 0.15) is 19.8 Å². The fourth-order valence-corrected chi connectivity index (χ4v) is 1.37. The number of rotatable bonds is 6. The van der Waals surface area contributed by atoms with Gasteiger partial charge in [-0.1, -0.05) is 6.92 Å². The second kappa shape index (κ2) is 6.08. The van der Waals surface area contributed by atoms with Crippen molar-refractivity contribution in [2.45, 2.75) is 25.9 Å². The lowest BCUT2D eigenvalue weighted by Gasteiger charge is -2.28. The molecule has 0 aromatic carbocycles. The molecule has 1 unspecified atom stereocenters. The van der Waals surface area contributed by atoms with Crippen molar-refractivity contribution in [1.82, 2.24) is 0 Å². The summed E-state index contributed by atoms with van der Waals surface area (Å²) in [4.78, 5) is 21.9. The summed E-state index contributed by atoms with van der Waals surface area (Å²) < 4.78 is 5.74. The normalized spacial score (nSPS) is 13.4. The quantitative estimate of drug-likeness (QED) is 0.395. The Labute approximate surface area is 95.7 Å². The minimum absolute atomic E-state index is 0.0722. The van der Waals surface area contributed by atoms with Gasteiger partial charge in [0.05, 0.1) is 27.6 Å². The van der Waals surface area contributed by atoms with E-state index in [9.17, 15) is 9.59 Å². The van der Waals surface area contributed by atoms with Gasteiger partial charge in [-0.3, -0.25) is 9.59 Å². The molecular formula is C10H19ClNO3+. The molecule has 0 rings (SSSR count). The second-order valence-corrected chi connectivity index (χ2v) is 4.92. The van der Waals surface area contributed by atoms with Crippen LogP contribution in [0.4, 0.5) is 0 Å². The van der Waals surface area contributed by atoms with Crippen LogP contribution in [0.5, 0.6) is 0 Å². The standard InChI is InChI=1S/C10H19ClNO3/c1-5-10(14)15-8(6-9(11)13)7-12(2,3)4/h8H,5-7H2,1-4H3/q+1. The zero-order valence-electron chi connectivity index (χ0n) is 9.75. The van der Waals surface area contributed by atoms with E-state index in [0.717, 1.165) is 0 Å². The molecule has 0 heterocycles. The number of halogens is 1. The number of carbonyl (C=O) groups excluding carboxylic acids is 2. The van der Waals surface area contributed by atoms with Crippen molar-refractivity contribution < 1.29 is 18.8 Å². The molecule has 0 fully saturated rings. The van der Waals surface area contributed by atoms with Gasteiger partial charge in [0.15, 0.2) is 6.10 Å². The summed E-state index contributed by atoms with van der Waals surface area (Å²) >= 11 is 5.29. The zero-order chi connectivity index (χ0) is 12.1. The number of nitrogens with zero attached hydrogens (tertiary/aromatic N) is 1. The van der Waals surface area contributed by atoms with Crippen molar-refractivity contribution in [3.05, 3.63) is 0 Å². The molecule has 15 heavy (non-hydrogen) atoms. The molecule has 5 heteroatoms. The first-order valence-corrected chi connectivity index (χ1v) is 5.30. The predicted molar refractivity (Wildman–Crippen MR) is 58.5 cm³/mol. The summed E-state index contributed by atoms with van der Waals surface area (Å²) in [7, 11) is 5.89. The van der Waals surface area contributed by atoms with Gasteiger partial charge in [-0.05, 0) is 11.6 Å². The Kier molecular flexibility index (Phi) is 5.83. The van der Waals surface area contributed by atoms with E-state index < -0.39 is 11.3 Å². The highest BCUT2D eigenvalue weighted by atomic mass is 35.5. The third kappa shape index (κ3) is 8.39. The fraction of sp³-hybridized carbons (Fsp3) is 0.800. The van der Waals surface area contributed by atoms with Gasteiger partial charge in [-0.15, -0.1) is 0 Å². The third-order valence-electron chi connectivity index (χ3n) is 1.73. The molecule has 88 valence electrons. The molecule has 0 amide bonds. The number of hydrogen-bond donors (Lipinski definition) is 0. The van der Waals surface area contributed by atoms with Gasteiger partial charge in [0.1, 0.15) is 6.54 Å². The van der Waals surface area contributed by atoms with Crippen LogP contribution in [-0.2, 0) is 14.3 Å². The maximum Gasteiger partial charge on any atom is 0.306 e. The molecule has 0 spiro atoms. The van der Waals surface area contributed by atoms with Crippen LogP contribution in [0.2, 0.25) is 0 Å². The van der Waals surface area contributed by atoms with Gasteiger partial charge < -0.3 is 9.22 Å². The Morgan fingerprint density at radius 2 is 1.87 bits per heavy atom. The highest BCUT2D eigenvalue weighted by Crippen LogP contribution is 2.08. The third-order valence-corrected chi connectivity index (χ3v) is 1.88. The van der Waals surface area contributed by atoms with E-state index in [1.807, 2.05) is 21.1 Å². The average Bonchev–Trinajstić information content (AvgIpc) is 1.99. The predicted octanol–water partition coefficient (Wildman–Crippen LogP) is 1.17. The van der Waals surface area contributed by atoms with Crippen molar-refractivity contribution >= 4 is 22.8 Å². The number of likely N-dealkylation sites (N-methyl/N-ethyl adjacent to an activating group) is 1. The molecule has 1 atom stereocenters. The molecule has 0 saturated heterocycles. The Balaban J connectivity index is 4.31. The first-order valence-electron chi connectivity index (χ1n) is 4.93. The molecule has 0 aliphatic carbocycles. The second-order valence-electron chi connectivity index (χ2n) is 4.50. The Bertz CT molecular complexity index is 235. The average molecular weight is 237 g/mol. The van der Waals surface area contributed by atoms with E-state index in [1.54, 1.807) is 6.92 Å². The summed E-state index contributed by atoms with van der Waals surface area (Å²) in [5.74, 6) is -0.300. The SMILES string of the molecule is CCC(=O)OC(CC(=O)Cl)C[N+](C)(C)C. The Morgan fingerprint density at radius 1 is 1.33 bits per heavy atom. The van der Waals surface area contributed by atoms with Gasteiger partial charge in [-0.25, -0.2) is 0 Å². The van der Waals surface area contributed by atoms with Crippen LogP contribution in [0.3, 0.4) is 0 Å². The molecule has 0 aromatic heterocycles. The van der Waals surface area contributed by atoms with Gasteiger partial charge >= 0.3 is 5.97 Å². The van der Waals surface area contributed by atoms with E-state index >= 15 is 0 Å². The first-order chi connectivity index (χ1) is 6.74. The number of quaternary nitrogens is 1. The number of hydrogen-bond acceptors (Lipinski definition) is 3. The number of carbonyl (C=O) groups is 2. The van der Waals surface area contributed by atoms with Crippen LogP contribution < -0.4 is 0 Å². The lowest BCUT2D eigenvalue weighted by molar-refractivity contribution is -0.873. The van der Waals surface area contributed by atoms with E-state index in [4.69, 9.17) is 16.3 Å². The smallest absolute Gasteiger partial charge is 0.306 e. The molecule has 0 radical (unpaired) electrons. The van der Waals surface area contributed by atoms with E-state index in [1.165, 1.54) is 0 Å². The maximum absolute atomic E-state index is 11.1. The minimum atomic E-state index is -0.475. The Hall–Kier alpha value is -0.610. The largest absolute Gasteiger partial charge is 0.456 e. The van der Waals surface area contributed by atoms with Gasteiger partial charge in [-0.2, -0.15) is 0 Å². The van der Waals surface area contributed by atoms with Crippen LogP contribution >= 0.6 is 11.6 Å². The van der Waals surface area contributed by atoms with Crippen molar-refractivity contribution in [2.75, 3.05) is 27.7 Å².